The molecule has 3 nitrogen and oxygen atoms in total. The molecule has 1 heterocycles. The first-order chi connectivity index (χ1) is 7.25. The quantitative estimate of drug-likeness (QED) is 0.363. The van der Waals surface area contributed by atoms with E-state index in [1.165, 1.54) is 5.56 Å². The first kappa shape index (κ1) is 10.7. The summed E-state index contributed by atoms with van der Waals surface area (Å²) in [5.74, 6) is 0. The number of hydrogen-bond donors (Lipinski definition) is 0. The summed E-state index contributed by atoms with van der Waals surface area (Å²) in [6, 6.07) is 10.2. The number of amides is 1. The van der Waals surface area contributed by atoms with Gasteiger partial charge in [0.25, 0.3) is 0 Å². The fraction of sp³-hybridized carbons (Fsp3) is 0.364. The summed E-state index contributed by atoms with van der Waals surface area (Å²) in [5, 5.41) is 0. The van der Waals surface area contributed by atoms with Gasteiger partial charge < -0.3 is 4.74 Å². The summed E-state index contributed by atoms with van der Waals surface area (Å²) in [7, 11) is 0. The lowest BCUT2D eigenvalue weighted by molar-refractivity contribution is 0.134. The van der Waals surface area contributed by atoms with E-state index in [2.05, 4.69) is 22.6 Å². The third-order valence-corrected chi connectivity index (χ3v) is 3.64. The number of nitrogens with zero attached hydrogens (tertiary/aromatic N) is 1. The van der Waals surface area contributed by atoms with Gasteiger partial charge in [-0.3, -0.25) is 4.90 Å². The Hall–Kier alpha value is -0.780. The summed E-state index contributed by atoms with van der Waals surface area (Å²) in [5.41, 5.74) is 1.17. The molecule has 2 rings (SSSR count). The maximum absolute atomic E-state index is 11.5. The lowest BCUT2D eigenvalue weighted by Gasteiger charge is -2.03. The smallest absolute Gasteiger partial charge is 0.411 e. The summed E-state index contributed by atoms with van der Waals surface area (Å²) in [6.07, 6.45) is -0.217. The number of ether oxygens (including phenoxy) is 1. The van der Waals surface area contributed by atoms with Crippen molar-refractivity contribution in [1.82, 2.24) is 4.90 Å². The predicted octanol–water partition coefficient (Wildman–Crippen LogP) is 2.96. The second-order valence-corrected chi connectivity index (χ2v) is 4.61. The maximum atomic E-state index is 11.5. The van der Waals surface area contributed by atoms with Gasteiger partial charge in [0.15, 0.2) is 0 Å². The van der Waals surface area contributed by atoms with Crippen molar-refractivity contribution < 1.29 is 9.53 Å². The van der Waals surface area contributed by atoms with E-state index in [1.54, 1.807) is 4.90 Å². The Bertz CT molecular complexity index is 355. The molecule has 0 N–H and O–H groups in total. The van der Waals surface area contributed by atoms with Crippen molar-refractivity contribution >= 4 is 28.7 Å². The highest BCUT2D eigenvalue weighted by atomic mass is 127. The van der Waals surface area contributed by atoms with Gasteiger partial charge in [-0.15, -0.1) is 0 Å². The van der Waals surface area contributed by atoms with E-state index in [4.69, 9.17) is 4.74 Å². The van der Waals surface area contributed by atoms with Crippen molar-refractivity contribution in [2.75, 3.05) is 6.61 Å². The van der Waals surface area contributed by atoms with Crippen molar-refractivity contribution in [3.63, 3.8) is 0 Å². The van der Waals surface area contributed by atoms with Crippen LogP contribution in [-0.4, -0.2) is 21.6 Å². The molecule has 0 radical (unpaired) electrons. The minimum absolute atomic E-state index is 0.186. The molecule has 0 spiro atoms. The standard InChI is InChI=1S/C11H12INO2/c1-2-15-11(14)13-9(10(13)12)8-6-4-3-5-7-8/h3-7,9-10H,2H2,1H3/t9-,10-,13?/m1/s1. The molecule has 1 aromatic rings. The number of alkyl halides is 1. The molecule has 1 fully saturated rings. The molecule has 1 aliphatic rings. The lowest BCUT2D eigenvalue weighted by Crippen LogP contribution is -2.13. The topological polar surface area (TPSA) is 29.3 Å². The zero-order valence-corrected chi connectivity index (χ0v) is 10.5. The molecule has 1 saturated heterocycles. The average molecular weight is 317 g/mol. The third-order valence-electron chi connectivity index (χ3n) is 2.36. The molecule has 2 atom stereocenters. The van der Waals surface area contributed by atoms with E-state index in [0.29, 0.717) is 6.61 Å². The van der Waals surface area contributed by atoms with Gasteiger partial charge in [-0.25, -0.2) is 4.79 Å². The van der Waals surface area contributed by atoms with Crippen LogP contribution in [0.2, 0.25) is 0 Å². The highest BCUT2D eigenvalue weighted by molar-refractivity contribution is 14.1. The van der Waals surface area contributed by atoms with Crippen molar-refractivity contribution in [3.8, 4) is 0 Å². The molecule has 4 heteroatoms. The van der Waals surface area contributed by atoms with Gasteiger partial charge in [0.05, 0.1) is 12.6 Å². The average Bonchev–Trinajstić information content (AvgIpc) is 2.92. The van der Waals surface area contributed by atoms with Crippen molar-refractivity contribution in [2.45, 2.75) is 17.0 Å². The Morgan fingerprint density at radius 1 is 1.47 bits per heavy atom. The Morgan fingerprint density at radius 3 is 2.73 bits per heavy atom. The number of carbonyl (C=O) groups excluding carboxylic acids is 1. The van der Waals surface area contributed by atoms with Gasteiger partial charge in [-0.05, 0) is 12.5 Å². The fourth-order valence-corrected chi connectivity index (χ4v) is 2.73. The summed E-state index contributed by atoms with van der Waals surface area (Å²) >= 11 is 2.26. The van der Waals surface area contributed by atoms with Crippen LogP contribution >= 0.6 is 22.6 Å². The molecule has 0 saturated carbocycles. The second-order valence-electron chi connectivity index (χ2n) is 3.33. The first-order valence-corrected chi connectivity index (χ1v) is 6.14. The van der Waals surface area contributed by atoms with Crippen molar-refractivity contribution in [2.24, 2.45) is 0 Å². The molecule has 1 aromatic carbocycles. The molecule has 15 heavy (non-hydrogen) atoms. The minimum Gasteiger partial charge on any atom is -0.450 e. The van der Waals surface area contributed by atoms with Crippen molar-refractivity contribution in [1.29, 1.82) is 0 Å². The Balaban J connectivity index is 2.06. The van der Waals surface area contributed by atoms with Crippen LogP contribution in [0.5, 0.6) is 0 Å². The molecule has 80 valence electrons. The summed E-state index contributed by atoms with van der Waals surface area (Å²) < 4.78 is 5.20. The van der Waals surface area contributed by atoms with Crippen LogP contribution in [0.3, 0.4) is 0 Å². The normalized spacial score (nSPS) is 23.7. The zero-order valence-electron chi connectivity index (χ0n) is 8.39. The SMILES string of the molecule is CCOC(=O)N1[C@H](c2ccccc2)[C@@H]1I. The van der Waals surface area contributed by atoms with Gasteiger partial charge in [-0.1, -0.05) is 52.9 Å². The summed E-state index contributed by atoms with van der Waals surface area (Å²) in [6.45, 7) is 2.25. The van der Waals surface area contributed by atoms with Gasteiger partial charge in [-0.2, -0.15) is 0 Å². The molecule has 1 amide bonds. The van der Waals surface area contributed by atoms with Crippen LogP contribution in [0.15, 0.2) is 30.3 Å². The number of rotatable bonds is 2. The zero-order chi connectivity index (χ0) is 10.8. The molecule has 0 unspecified atom stereocenters. The van der Waals surface area contributed by atoms with Gasteiger partial charge >= 0.3 is 6.09 Å². The molecule has 0 bridgehead atoms. The molecule has 1 aliphatic heterocycles. The van der Waals surface area contributed by atoms with E-state index < -0.39 is 0 Å². The second kappa shape index (κ2) is 4.38. The van der Waals surface area contributed by atoms with E-state index in [-0.39, 0.29) is 16.2 Å². The van der Waals surface area contributed by atoms with Gasteiger partial charge in [0, 0.05) is 0 Å². The minimum atomic E-state index is -0.217. The van der Waals surface area contributed by atoms with E-state index >= 15 is 0 Å². The fourth-order valence-electron chi connectivity index (χ4n) is 1.58. The highest BCUT2D eigenvalue weighted by Crippen LogP contribution is 2.47. The first-order valence-electron chi connectivity index (χ1n) is 4.89. The third kappa shape index (κ3) is 2.09. The monoisotopic (exact) mass is 317 g/mol. The van der Waals surface area contributed by atoms with Gasteiger partial charge in [0.1, 0.15) is 4.05 Å². The Labute approximate surface area is 103 Å². The van der Waals surface area contributed by atoms with Crippen LogP contribution in [0.25, 0.3) is 0 Å². The van der Waals surface area contributed by atoms with Crippen LogP contribution in [-0.2, 0) is 4.74 Å². The Morgan fingerprint density at radius 2 is 2.13 bits per heavy atom. The van der Waals surface area contributed by atoms with E-state index in [9.17, 15) is 4.79 Å². The Kier molecular flexibility index (Phi) is 3.14. The molecular formula is C11H12INO2. The number of benzene rings is 1. The van der Waals surface area contributed by atoms with Crippen molar-refractivity contribution in [3.05, 3.63) is 35.9 Å². The van der Waals surface area contributed by atoms with Crippen LogP contribution < -0.4 is 0 Å². The van der Waals surface area contributed by atoms with Gasteiger partial charge in [0.2, 0.25) is 0 Å². The largest absolute Gasteiger partial charge is 0.450 e. The van der Waals surface area contributed by atoms with Crippen LogP contribution in [0.1, 0.15) is 18.5 Å². The summed E-state index contributed by atoms with van der Waals surface area (Å²) in [4.78, 5) is 13.2. The maximum Gasteiger partial charge on any atom is 0.411 e. The van der Waals surface area contributed by atoms with Crippen LogP contribution in [0.4, 0.5) is 4.79 Å². The van der Waals surface area contributed by atoms with E-state index in [0.717, 1.165) is 0 Å². The number of hydrogen-bond acceptors (Lipinski definition) is 2. The molecule has 0 aliphatic carbocycles. The predicted molar refractivity (Wildman–Crippen MR) is 65.9 cm³/mol. The molecular weight excluding hydrogens is 305 g/mol. The number of halogens is 1. The lowest BCUT2D eigenvalue weighted by atomic mass is 10.2. The highest BCUT2D eigenvalue weighted by Gasteiger charge is 2.51. The number of carbonyl (C=O) groups is 1. The van der Waals surface area contributed by atoms with Crippen LogP contribution in [0, 0.1) is 0 Å². The van der Waals surface area contributed by atoms with E-state index in [1.807, 2.05) is 37.3 Å². The molecule has 0 aromatic heterocycles.